The lowest BCUT2D eigenvalue weighted by Crippen LogP contribution is -2.33. The minimum Gasteiger partial charge on any atom is -0.462 e. The molecule has 5 rings (SSSR count). The van der Waals surface area contributed by atoms with Crippen LogP contribution in [-0.2, 0) is 38.3 Å². The number of hydrogen-bond acceptors (Lipinski definition) is 11. The molecule has 16 nitrogen and oxygen atoms in total. The summed E-state index contributed by atoms with van der Waals surface area (Å²) in [5.41, 5.74) is 1.22. The number of carbonyl (C=O) groups is 8. The first-order valence-corrected chi connectivity index (χ1v) is 45.9. The van der Waals surface area contributed by atoms with Gasteiger partial charge in [-0.1, -0.05) is 259 Å². The summed E-state index contributed by atoms with van der Waals surface area (Å²) in [7, 11) is 0. The number of ether oxygens (including phenoxy) is 1. The molecule has 4 fully saturated rings. The number of hydrogen-bond donors (Lipinski definition) is 3. The first-order valence-electron chi connectivity index (χ1n) is 45.9. The summed E-state index contributed by atoms with van der Waals surface area (Å²) in [6.07, 6.45) is 68.7. The van der Waals surface area contributed by atoms with Crippen molar-refractivity contribution >= 4 is 52.8 Å². The third-order valence-corrected chi connectivity index (χ3v) is 21.6. The van der Waals surface area contributed by atoms with Crippen molar-refractivity contribution < 1.29 is 43.1 Å². The molecule has 626 valence electrons. The van der Waals surface area contributed by atoms with Gasteiger partial charge in [-0.15, -0.1) is 0 Å². The number of anilines is 1. The summed E-state index contributed by atoms with van der Waals surface area (Å²) in [5, 5.41) is 8.96. The normalized spacial score (nSPS) is 14.1. The van der Waals surface area contributed by atoms with E-state index in [-0.39, 0.29) is 23.7 Å². The van der Waals surface area contributed by atoms with Crippen LogP contribution in [0.3, 0.4) is 0 Å². The Morgan fingerprint density at radius 1 is 0.315 bits per heavy atom. The molecular formula is C92H169N7O9. The molecular weight excluding hydrogens is 1350 g/mol. The molecule has 1 aromatic rings. The molecule has 4 saturated heterocycles. The van der Waals surface area contributed by atoms with Crippen LogP contribution < -0.4 is 16.0 Å². The van der Waals surface area contributed by atoms with Crippen molar-refractivity contribution in [3.05, 3.63) is 29.8 Å². The number of carbonyl (C=O) groups excluding carboxylic acids is 8. The number of Topliss-reactive ketones (excluding diaryl/α,β-unsaturated/α-hetero) is 2. The van der Waals surface area contributed by atoms with Gasteiger partial charge in [0.1, 0.15) is 11.6 Å². The molecule has 0 unspecified atom stereocenters. The third kappa shape index (κ3) is 63.9. The van der Waals surface area contributed by atoms with Crippen molar-refractivity contribution in [1.82, 2.24) is 30.2 Å². The van der Waals surface area contributed by atoms with Gasteiger partial charge in [0.05, 0.1) is 12.2 Å². The maximum absolute atomic E-state index is 12.0. The van der Waals surface area contributed by atoms with Gasteiger partial charge in [-0.3, -0.25) is 33.6 Å². The molecule has 0 atom stereocenters. The first kappa shape index (κ1) is 101. The molecule has 0 saturated carbocycles. The average molecular weight is 1520 g/mol. The highest BCUT2D eigenvalue weighted by molar-refractivity contribution is 5.93. The highest BCUT2D eigenvalue weighted by Gasteiger charge is 2.21. The molecule has 0 aliphatic carbocycles. The lowest BCUT2D eigenvalue weighted by Gasteiger charge is -2.14. The van der Waals surface area contributed by atoms with Crippen LogP contribution >= 0.6 is 0 Å². The van der Waals surface area contributed by atoms with Crippen LogP contribution in [0.15, 0.2) is 24.3 Å². The lowest BCUT2D eigenvalue weighted by molar-refractivity contribution is -0.128. The van der Waals surface area contributed by atoms with Gasteiger partial charge in [-0.2, -0.15) is 0 Å². The van der Waals surface area contributed by atoms with Crippen LogP contribution in [-0.4, -0.2) is 152 Å². The molecule has 16 heteroatoms. The van der Waals surface area contributed by atoms with Gasteiger partial charge >= 0.3 is 5.97 Å². The minimum absolute atomic E-state index is 0.0356. The third-order valence-electron chi connectivity index (χ3n) is 21.6. The minimum atomic E-state index is -0.337. The SMILES string of the molecule is CCCCCCCC(=O)CCCCN1CCCC1=O.CCCCCCCC(=O)NCCN1CCCC1.CCCCCCCCCCCCC(=O)CCCCN1CCCC1=O.CCCCCCCCCCCCC(=O)NCCN1CCCC1.CCCCCCCCCCCCC(=O)Nc1ccc(C(=O)OCC)cc1. The Labute approximate surface area is 663 Å². The van der Waals surface area contributed by atoms with E-state index in [0.29, 0.717) is 61.2 Å². The summed E-state index contributed by atoms with van der Waals surface area (Å²) in [6.45, 7) is 25.4. The maximum Gasteiger partial charge on any atom is 0.338 e. The molecule has 3 N–H and O–H groups in total. The molecule has 5 amide bonds. The Balaban J connectivity index is 0.000000680. The molecule has 4 aliphatic rings. The number of rotatable bonds is 64. The second kappa shape index (κ2) is 76.3. The summed E-state index contributed by atoms with van der Waals surface area (Å²) < 4.78 is 4.94. The van der Waals surface area contributed by atoms with Crippen molar-refractivity contribution in [1.29, 1.82) is 0 Å². The second-order valence-corrected chi connectivity index (χ2v) is 31.7. The van der Waals surface area contributed by atoms with E-state index in [9.17, 15) is 38.4 Å². The summed E-state index contributed by atoms with van der Waals surface area (Å²) in [5.74, 6) is 1.60. The van der Waals surface area contributed by atoms with Gasteiger partial charge in [0.2, 0.25) is 29.5 Å². The van der Waals surface area contributed by atoms with Crippen LogP contribution in [0.2, 0.25) is 0 Å². The fourth-order valence-electron chi connectivity index (χ4n) is 14.6. The number of ketones is 2. The topological polar surface area (TPSA) is 195 Å². The zero-order chi connectivity index (χ0) is 78.7. The number of esters is 1. The predicted octanol–water partition coefficient (Wildman–Crippen LogP) is 22.5. The largest absolute Gasteiger partial charge is 0.462 e. The fraction of sp³-hybridized carbons (Fsp3) is 0.848. The molecule has 0 aromatic heterocycles. The predicted molar refractivity (Wildman–Crippen MR) is 454 cm³/mol. The standard InChI is InChI=1S/C22H35NO3.C21H39NO2.C19H38N2O.C16H29NO2.C14H28N2O/c1-3-5-6-7-8-9-10-11-12-13-14-21(24)23-20-17-15-19(16-18-20)22(25)26-4-2;1-2-3-4-5-6-7-8-9-10-11-15-20(23)16-12-13-18-22-19-14-17-21(22)24;1-2-3-4-5-6-7-8-9-10-11-14-19(22)20-15-18-21-16-12-13-17-21;1-2-3-4-5-6-10-15(18)11-7-8-13-17-14-9-12-16(17)19;1-2-3-4-5-6-9-14(17)15-10-13-16-11-7-8-12-16/h15-18H,3-14H2,1-2H3,(H,23,24);2-19H2,1H3;2-18H2,1H3,(H,20,22);2-14H2,1H3;2-13H2,1H3,(H,15,17). The van der Waals surface area contributed by atoms with E-state index in [1.165, 1.54) is 270 Å². The molecule has 0 bridgehead atoms. The van der Waals surface area contributed by atoms with Gasteiger partial charge in [-0.25, -0.2) is 4.79 Å². The zero-order valence-electron chi connectivity index (χ0n) is 71.2. The Hall–Kier alpha value is -4.70. The van der Waals surface area contributed by atoms with E-state index < -0.39 is 0 Å². The Morgan fingerprint density at radius 2 is 0.593 bits per heavy atom. The molecule has 4 aliphatic heterocycles. The maximum atomic E-state index is 12.0. The van der Waals surface area contributed by atoms with Crippen LogP contribution in [0.25, 0.3) is 0 Å². The van der Waals surface area contributed by atoms with Gasteiger partial charge in [-0.05, 0) is 154 Å². The van der Waals surface area contributed by atoms with Crippen LogP contribution in [0, 0.1) is 0 Å². The number of unbranched alkanes of at least 4 members (excludes halogenated alkanes) is 37. The van der Waals surface area contributed by atoms with Crippen molar-refractivity contribution in [2.45, 2.75) is 420 Å². The number of benzene rings is 1. The van der Waals surface area contributed by atoms with Crippen molar-refractivity contribution in [3.63, 3.8) is 0 Å². The van der Waals surface area contributed by atoms with Gasteiger partial charge in [0, 0.05) is 116 Å². The number of nitrogens with one attached hydrogen (secondary N) is 3. The van der Waals surface area contributed by atoms with Gasteiger partial charge < -0.3 is 40.3 Å². The molecule has 0 radical (unpaired) electrons. The average Bonchev–Trinajstić information content (AvgIpc) is 1.25. The van der Waals surface area contributed by atoms with E-state index in [2.05, 4.69) is 60.4 Å². The van der Waals surface area contributed by atoms with Crippen LogP contribution in [0.5, 0.6) is 0 Å². The van der Waals surface area contributed by atoms with E-state index in [4.69, 9.17) is 4.74 Å². The van der Waals surface area contributed by atoms with Crippen LogP contribution in [0.4, 0.5) is 5.69 Å². The molecule has 0 spiro atoms. The summed E-state index contributed by atoms with van der Waals surface area (Å²) in [6, 6.07) is 6.83. The second-order valence-electron chi connectivity index (χ2n) is 31.7. The van der Waals surface area contributed by atoms with Crippen molar-refractivity contribution in [2.24, 2.45) is 0 Å². The Morgan fingerprint density at radius 3 is 0.880 bits per heavy atom. The van der Waals surface area contributed by atoms with E-state index in [1.54, 1.807) is 31.2 Å². The summed E-state index contributed by atoms with van der Waals surface area (Å²) >= 11 is 0. The Bertz CT molecular complexity index is 2310. The first-order chi connectivity index (χ1) is 52.8. The zero-order valence-corrected chi connectivity index (χ0v) is 71.2. The smallest absolute Gasteiger partial charge is 0.338 e. The highest BCUT2D eigenvalue weighted by Crippen LogP contribution is 2.19. The fourth-order valence-corrected chi connectivity index (χ4v) is 14.6. The van der Waals surface area contributed by atoms with E-state index >= 15 is 0 Å². The molecule has 1 aromatic carbocycles. The summed E-state index contributed by atoms with van der Waals surface area (Å²) in [4.78, 5) is 102. The Kier molecular flexibility index (Phi) is 71.6. The molecule has 4 heterocycles. The lowest BCUT2D eigenvalue weighted by atomic mass is 10.0. The monoisotopic (exact) mass is 1520 g/mol. The van der Waals surface area contributed by atoms with E-state index in [0.717, 1.165) is 167 Å². The number of likely N-dealkylation sites (tertiary alicyclic amines) is 4. The van der Waals surface area contributed by atoms with Gasteiger partial charge in [0.15, 0.2) is 0 Å². The highest BCUT2D eigenvalue weighted by atomic mass is 16.5. The van der Waals surface area contributed by atoms with Crippen LogP contribution in [0.1, 0.15) is 431 Å². The number of nitrogens with zero attached hydrogens (tertiary/aromatic N) is 4. The molecule has 108 heavy (non-hydrogen) atoms. The number of amides is 5. The van der Waals surface area contributed by atoms with Crippen molar-refractivity contribution in [2.75, 3.05) is 90.5 Å². The van der Waals surface area contributed by atoms with Gasteiger partial charge in [0.25, 0.3) is 0 Å². The van der Waals surface area contributed by atoms with Crippen molar-refractivity contribution in [3.8, 4) is 0 Å². The van der Waals surface area contributed by atoms with E-state index in [1.807, 2.05) is 9.80 Å². The quantitative estimate of drug-likeness (QED) is 0.0415.